The van der Waals surface area contributed by atoms with Crippen LogP contribution in [0.4, 0.5) is 10.5 Å². The lowest BCUT2D eigenvalue weighted by molar-refractivity contribution is 0.250. The van der Waals surface area contributed by atoms with Crippen molar-refractivity contribution in [2.75, 3.05) is 17.3 Å². The van der Waals surface area contributed by atoms with Gasteiger partial charge in [0, 0.05) is 44.2 Å². The van der Waals surface area contributed by atoms with E-state index in [1.54, 1.807) is 18.0 Å². The average Bonchev–Trinajstić information content (AvgIpc) is 2.28. The number of thioether (sulfide) groups is 1. The summed E-state index contributed by atoms with van der Waals surface area (Å²) < 4.78 is 11.2. The van der Waals surface area contributed by atoms with Crippen LogP contribution >= 0.6 is 11.8 Å². The molecule has 21 heavy (non-hydrogen) atoms. The smallest absolute Gasteiger partial charge is 0.319 e. The highest BCUT2D eigenvalue weighted by atomic mass is 32.2. The maximum atomic E-state index is 11.8. The molecular weight excluding hydrogens is 304 g/mol. The lowest BCUT2D eigenvalue weighted by Crippen LogP contribution is -2.39. The van der Waals surface area contributed by atoms with Gasteiger partial charge in [0.05, 0.1) is 0 Å². The SMILES string of the molecule is C[C@H](C[S@](C)=O)NC(=O)Nc1ccc(SC(C)(C)C)cc1. The van der Waals surface area contributed by atoms with Gasteiger partial charge in [-0.3, -0.25) is 4.21 Å². The van der Waals surface area contributed by atoms with Gasteiger partial charge < -0.3 is 10.6 Å². The molecule has 0 aliphatic heterocycles. The van der Waals surface area contributed by atoms with E-state index in [1.807, 2.05) is 31.2 Å². The predicted molar refractivity (Wildman–Crippen MR) is 92.6 cm³/mol. The lowest BCUT2D eigenvalue weighted by Gasteiger charge is -2.18. The molecule has 6 heteroatoms. The molecule has 0 saturated heterocycles. The van der Waals surface area contributed by atoms with Crippen LogP contribution in [0.15, 0.2) is 29.2 Å². The van der Waals surface area contributed by atoms with Crippen molar-refractivity contribution in [1.82, 2.24) is 5.32 Å². The van der Waals surface area contributed by atoms with Crippen LogP contribution in [-0.4, -0.2) is 33.0 Å². The van der Waals surface area contributed by atoms with Gasteiger partial charge in [-0.25, -0.2) is 4.79 Å². The third-order valence-corrected chi connectivity index (χ3v) is 4.49. The van der Waals surface area contributed by atoms with Crippen LogP contribution < -0.4 is 10.6 Å². The van der Waals surface area contributed by atoms with Gasteiger partial charge in [-0.05, 0) is 31.2 Å². The number of benzene rings is 1. The third kappa shape index (κ3) is 8.12. The van der Waals surface area contributed by atoms with Crippen molar-refractivity contribution in [3.63, 3.8) is 0 Å². The fraction of sp³-hybridized carbons (Fsp3) is 0.533. The molecule has 0 heterocycles. The average molecular weight is 329 g/mol. The van der Waals surface area contributed by atoms with Gasteiger partial charge in [-0.2, -0.15) is 0 Å². The molecule has 1 rings (SSSR count). The van der Waals surface area contributed by atoms with E-state index in [9.17, 15) is 9.00 Å². The zero-order chi connectivity index (χ0) is 16.0. The van der Waals surface area contributed by atoms with Crippen molar-refractivity contribution in [2.45, 2.75) is 43.4 Å². The third-order valence-electron chi connectivity index (χ3n) is 2.40. The van der Waals surface area contributed by atoms with Crippen LogP contribution in [0.2, 0.25) is 0 Å². The first kappa shape index (κ1) is 18.0. The van der Waals surface area contributed by atoms with Gasteiger partial charge >= 0.3 is 6.03 Å². The second-order valence-electron chi connectivity index (χ2n) is 5.98. The molecule has 0 bridgehead atoms. The summed E-state index contributed by atoms with van der Waals surface area (Å²) in [5.74, 6) is 0.453. The number of anilines is 1. The molecule has 0 aliphatic rings. The number of nitrogens with one attached hydrogen (secondary N) is 2. The number of hydrogen-bond acceptors (Lipinski definition) is 3. The van der Waals surface area contributed by atoms with Crippen molar-refractivity contribution in [1.29, 1.82) is 0 Å². The molecule has 0 saturated carbocycles. The van der Waals surface area contributed by atoms with Crippen LogP contribution in [-0.2, 0) is 10.8 Å². The summed E-state index contributed by atoms with van der Waals surface area (Å²) in [6.45, 7) is 8.33. The topological polar surface area (TPSA) is 58.2 Å². The van der Waals surface area contributed by atoms with Crippen LogP contribution in [0, 0.1) is 0 Å². The highest BCUT2D eigenvalue weighted by molar-refractivity contribution is 8.00. The standard InChI is InChI=1S/C15H24N2O2S2/c1-11(10-21(5)19)16-14(18)17-12-6-8-13(9-7-12)20-15(2,3)4/h6-9,11H,10H2,1-5H3,(H2,16,17,18)/t11-,21+/m1/s1. The van der Waals surface area contributed by atoms with E-state index in [4.69, 9.17) is 0 Å². The van der Waals surface area contributed by atoms with Gasteiger partial charge in [0.1, 0.15) is 0 Å². The van der Waals surface area contributed by atoms with Crippen LogP contribution in [0.25, 0.3) is 0 Å². The first-order valence-corrected chi connectivity index (χ1v) is 9.37. The minimum atomic E-state index is -0.917. The summed E-state index contributed by atoms with van der Waals surface area (Å²) in [4.78, 5) is 13.0. The van der Waals surface area contributed by atoms with E-state index < -0.39 is 10.8 Å². The first-order chi connectivity index (χ1) is 9.65. The quantitative estimate of drug-likeness (QED) is 0.814. The van der Waals surface area contributed by atoms with Crippen molar-refractivity contribution < 1.29 is 9.00 Å². The molecule has 1 aromatic carbocycles. The molecule has 2 amide bonds. The Bertz CT molecular complexity index is 495. The van der Waals surface area contributed by atoms with E-state index in [2.05, 4.69) is 31.4 Å². The van der Waals surface area contributed by atoms with Gasteiger partial charge in [0.2, 0.25) is 0 Å². The molecule has 118 valence electrons. The fourth-order valence-corrected chi connectivity index (χ4v) is 3.51. The number of rotatable bonds is 5. The number of hydrogen-bond donors (Lipinski definition) is 2. The highest BCUT2D eigenvalue weighted by Crippen LogP contribution is 2.32. The Morgan fingerprint density at radius 1 is 1.29 bits per heavy atom. The zero-order valence-electron chi connectivity index (χ0n) is 13.2. The second kappa shape index (κ2) is 7.84. The Kier molecular flexibility index (Phi) is 6.74. The number of urea groups is 1. The Labute approximate surface area is 133 Å². The maximum Gasteiger partial charge on any atom is 0.319 e. The van der Waals surface area contributed by atoms with Gasteiger partial charge in [-0.1, -0.05) is 20.8 Å². The molecule has 2 atom stereocenters. The molecule has 0 radical (unpaired) electrons. The summed E-state index contributed by atoms with van der Waals surface area (Å²) >= 11 is 1.78. The Morgan fingerprint density at radius 3 is 2.33 bits per heavy atom. The second-order valence-corrected chi connectivity index (χ2v) is 9.36. The van der Waals surface area contributed by atoms with E-state index in [-0.39, 0.29) is 16.8 Å². The van der Waals surface area contributed by atoms with E-state index in [1.165, 1.54) is 4.90 Å². The normalized spacial score (nSPS) is 14.3. The Hall–Kier alpha value is -1.01. The fourth-order valence-electron chi connectivity index (χ4n) is 1.74. The van der Waals surface area contributed by atoms with Crippen molar-refractivity contribution in [3.05, 3.63) is 24.3 Å². The van der Waals surface area contributed by atoms with Crippen molar-refractivity contribution in [2.24, 2.45) is 0 Å². The molecule has 0 aromatic heterocycles. The van der Waals surface area contributed by atoms with Gasteiger partial charge in [0.25, 0.3) is 0 Å². The lowest BCUT2D eigenvalue weighted by atomic mass is 10.3. The molecule has 1 aromatic rings. The minimum Gasteiger partial charge on any atom is -0.334 e. The van der Waals surface area contributed by atoms with Crippen molar-refractivity contribution in [3.8, 4) is 0 Å². The molecule has 0 spiro atoms. The number of carbonyl (C=O) groups is 1. The van der Waals surface area contributed by atoms with Gasteiger partial charge in [-0.15, -0.1) is 11.8 Å². The number of amides is 2. The largest absolute Gasteiger partial charge is 0.334 e. The summed E-state index contributed by atoms with van der Waals surface area (Å²) in [5.41, 5.74) is 0.746. The zero-order valence-corrected chi connectivity index (χ0v) is 14.9. The molecule has 0 fully saturated rings. The Morgan fingerprint density at radius 2 is 1.86 bits per heavy atom. The molecular formula is C15H24N2O2S2. The molecule has 0 aliphatic carbocycles. The summed E-state index contributed by atoms with van der Waals surface area (Å²) in [7, 11) is -0.917. The molecule has 0 unspecified atom stereocenters. The summed E-state index contributed by atoms with van der Waals surface area (Å²) in [5, 5.41) is 5.54. The van der Waals surface area contributed by atoms with Gasteiger partial charge in [0.15, 0.2) is 0 Å². The highest BCUT2D eigenvalue weighted by Gasteiger charge is 2.12. The maximum absolute atomic E-state index is 11.8. The molecule has 2 N–H and O–H groups in total. The van der Waals surface area contributed by atoms with Crippen molar-refractivity contribution >= 4 is 34.3 Å². The van der Waals surface area contributed by atoms with E-state index in [0.29, 0.717) is 5.75 Å². The predicted octanol–water partition coefficient (Wildman–Crippen LogP) is 3.47. The monoisotopic (exact) mass is 328 g/mol. The van der Waals surface area contributed by atoms with Crippen LogP contribution in [0.3, 0.4) is 0 Å². The summed E-state index contributed by atoms with van der Waals surface area (Å²) in [6, 6.07) is 7.37. The number of carbonyl (C=O) groups excluding carboxylic acids is 1. The Balaban J connectivity index is 2.52. The van der Waals surface area contributed by atoms with E-state index >= 15 is 0 Å². The molecule has 4 nitrogen and oxygen atoms in total. The summed E-state index contributed by atoms with van der Waals surface area (Å²) in [6.07, 6.45) is 1.63. The van der Waals surface area contributed by atoms with Crippen LogP contribution in [0.5, 0.6) is 0 Å². The minimum absolute atomic E-state index is 0.119. The van der Waals surface area contributed by atoms with Crippen LogP contribution in [0.1, 0.15) is 27.7 Å². The first-order valence-electron chi connectivity index (χ1n) is 6.82. The van der Waals surface area contributed by atoms with E-state index in [0.717, 1.165) is 5.69 Å².